The fourth-order valence-corrected chi connectivity index (χ4v) is 3.35. The maximum atomic E-state index is 5.91. The van der Waals surface area contributed by atoms with E-state index in [9.17, 15) is 0 Å². The van der Waals surface area contributed by atoms with Crippen molar-refractivity contribution in [3.63, 3.8) is 0 Å². The minimum absolute atomic E-state index is 0.548. The van der Waals surface area contributed by atoms with Gasteiger partial charge in [-0.15, -0.1) is 11.3 Å². The summed E-state index contributed by atoms with van der Waals surface area (Å²) in [6.07, 6.45) is 1.77. The molecule has 4 nitrogen and oxygen atoms in total. The average Bonchev–Trinajstić information content (AvgIpc) is 3.19. The Morgan fingerprint density at radius 3 is 2.67 bits per heavy atom. The summed E-state index contributed by atoms with van der Waals surface area (Å²) in [6.45, 7) is 0.664. The van der Waals surface area contributed by atoms with Gasteiger partial charge in [-0.25, -0.2) is 9.97 Å². The number of thiazole rings is 1. The summed E-state index contributed by atoms with van der Waals surface area (Å²) in [6, 6.07) is 13.2. The van der Waals surface area contributed by atoms with Crippen molar-refractivity contribution in [2.24, 2.45) is 0 Å². The van der Waals surface area contributed by atoms with Crippen LogP contribution in [0.4, 0.5) is 5.69 Å². The van der Waals surface area contributed by atoms with Crippen LogP contribution in [0.5, 0.6) is 0 Å². The van der Waals surface area contributed by atoms with Gasteiger partial charge in [0, 0.05) is 27.3 Å². The van der Waals surface area contributed by atoms with Crippen molar-refractivity contribution in [3.8, 4) is 11.5 Å². The molecule has 4 rings (SSSR count). The van der Waals surface area contributed by atoms with Crippen LogP contribution in [0.1, 0.15) is 4.88 Å². The predicted octanol–water partition coefficient (Wildman–Crippen LogP) is 5.87. The summed E-state index contributed by atoms with van der Waals surface area (Å²) in [7, 11) is 0. The monoisotopic (exact) mass is 375 g/mol. The molecule has 0 aliphatic heterocycles. The quantitative estimate of drug-likeness (QED) is 0.484. The molecule has 0 saturated heterocycles. The highest BCUT2D eigenvalue weighted by atomic mass is 35.5. The molecule has 0 aliphatic rings. The van der Waals surface area contributed by atoms with E-state index in [0.717, 1.165) is 27.2 Å². The number of benzene rings is 2. The van der Waals surface area contributed by atoms with Gasteiger partial charge in [-0.3, -0.25) is 0 Å². The molecule has 0 aliphatic carbocycles. The molecule has 0 saturated carbocycles. The number of nitrogens with zero attached hydrogens (tertiary/aromatic N) is 2. The van der Waals surface area contributed by atoms with E-state index in [4.69, 9.17) is 27.6 Å². The molecule has 1 N–H and O–H groups in total. The number of hydrogen-bond acceptors (Lipinski definition) is 5. The summed E-state index contributed by atoms with van der Waals surface area (Å²) in [5.74, 6) is 0.577. The second-order valence-electron chi connectivity index (χ2n) is 5.14. The van der Waals surface area contributed by atoms with Crippen molar-refractivity contribution in [2.75, 3.05) is 5.32 Å². The Morgan fingerprint density at radius 1 is 1.08 bits per heavy atom. The molecule has 0 unspecified atom stereocenters. The second-order valence-corrected chi connectivity index (χ2v) is 7.28. The Labute approximate surface area is 152 Å². The van der Waals surface area contributed by atoms with Crippen LogP contribution in [-0.2, 0) is 6.54 Å². The molecule has 24 heavy (non-hydrogen) atoms. The molecule has 0 amide bonds. The number of oxazole rings is 1. The molecular weight excluding hydrogens is 365 g/mol. The van der Waals surface area contributed by atoms with E-state index in [2.05, 4.69) is 15.3 Å². The Hall–Kier alpha value is -2.08. The highest BCUT2D eigenvalue weighted by Gasteiger charge is 2.09. The van der Waals surface area contributed by atoms with Crippen LogP contribution in [0.25, 0.3) is 22.6 Å². The third-order valence-corrected chi connectivity index (χ3v) is 4.84. The van der Waals surface area contributed by atoms with Crippen molar-refractivity contribution in [3.05, 3.63) is 63.0 Å². The third kappa shape index (κ3) is 3.24. The molecule has 0 bridgehead atoms. The van der Waals surface area contributed by atoms with Crippen LogP contribution < -0.4 is 5.32 Å². The Morgan fingerprint density at radius 2 is 1.92 bits per heavy atom. The minimum atomic E-state index is 0.548. The Kier molecular flexibility index (Phi) is 4.14. The SMILES string of the molecule is Clc1ccc(-c2nc3cc(NCc4cnc(Cl)s4)ccc3o2)cc1. The van der Waals surface area contributed by atoms with E-state index in [-0.39, 0.29) is 0 Å². The first-order valence-corrected chi connectivity index (χ1v) is 8.75. The highest BCUT2D eigenvalue weighted by Crippen LogP contribution is 2.27. The van der Waals surface area contributed by atoms with Crippen molar-refractivity contribution in [1.82, 2.24) is 9.97 Å². The summed E-state index contributed by atoms with van der Waals surface area (Å²) < 4.78 is 6.36. The van der Waals surface area contributed by atoms with E-state index < -0.39 is 0 Å². The van der Waals surface area contributed by atoms with Crippen molar-refractivity contribution >= 4 is 51.3 Å². The first-order valence-electron chi connectivity index (χ1n) is 7.18. The molecular formula is C17H11Cl2N3OS. The Balaban J connectivity index is 1.57. The molecule has 2 aromatic heterocycles. The van der Waals surface area contributed by atoms with E-state index in [1.165, 1.54) is 11.3 Å². The van der Waals surface area contributed by atoms with Gasteiger partial charge in [0.15, 0.2) is 10.0 Å². The zero-order valence-corrected chi connectivity index (χ0v) is 14.6. The van der Waals surface area contributed by atoms with Crippen LogP contribution in [0.15, 0.2) is 53.1 Å². The van der Waals surface area contributed by atoms with E-state index in [1.54, 1.807) is 6.20 Å². The lowest BCUT2D eigenvalue weighted by Crippen LogP contribution is -1.96. The number of hydrogen-bond donors (Lipinski definition) is 1. The van der Waals surface area contributed by atoms with Crippen molar-refractivity contribution in [2.45, 2.75) is 6.54 Å². The van der Waals surface area contributed by atoms with Crippen LogP contribution in [0.3, 0.4) is 0 Å². The topological polar surface area (TPSA) is 51.0 Å². The summed E-state index contributed by atoms with van der Waals surface area (Å²) in [4.78, 5) is 9.65. The molecule has 7 heteroatoms. The zero-order valence-electron chi connectivity index (χ0n) is 12.3. The molecule has 4 aromatic rings. The van der Waals surface area contributed by atoms with Gasteiger partial charge in [0.05, 0.1) is 6.54 Å². The number of aromatic nitrogens is 2. The highest BCUT2D eigenvalue weighted by molar-refractivity contribution is 7.15. The van der Waals surface area contributed by atoms with Gasteiger partial charge >= 0.3 is 0 Å². The average molecular weight is 376 g/mol. The van der Waals surface area contributed by atoms with Gasteiger partial charge in [0.2, 0.25) is 5.89 Å². The standard InChI is InChI=1S/C17H11Cl2N3OS/c18-11-3-1-10(2-4-11)16-22-14-7-12(5-6-15(14)23-16)20-8-13-9-21-17(19)24-13/h1-7,9,20H,8H2. The number of rotatable bonds is 4. The fourth-order valence-electron chi connectivity index (χ4n) is 2.31. The van der Waals surface area contributed by atoms with Crippen LogP contribution in [0, 0.1) is 0 Å². The lowest BCUT2D eigenvalue weighted by Gasteiger charge is -2.03. The molecule has 0 radical (unpaired) electrons. The molecule has 0 atom stereocenters. The van der Waals surface area contributed by atoms with Crippen LogP contribution >= 0.6 is 34.5 Å². The maximum absolute atomic E-state index is 5.91. The minimum Gasteiger partial charge on any atom is -0.436 e. The van der Waals surface area contributed by atoms with Gasteiger partial charge < -0.3 is 9.73 Å². The molecule has 0 fully saturated rings. The predicted molar refractivity (Wildman–Crippen MR) is 98.9 cm³/mol. The number of nitrogens with one attached hydrogen (secondary N) is 1. The van der Waals surface area contributed by atoms with E-state index >= 15 is 0 Å². The van der Waals surface area contributed by atoms with Gasteiger partial charge in [0.1, 0.15) is 5.52 Å². The third-order valence-electron chi connectivity index (χ3n) is 3.47. The normalized spacial score (nSPS) is 11.1. The number of anilines is 1. The number of halogens is 2. The molecule has 0 spiro atoms. The Bertz CT molecular complexity index is 995. The zero-order chi connectivity index (χ0) is 16.5. The largest absolute Gasteiger partial charge is 0.436 e. The summed E-state index contributed by atoms with van der Waals surface area (Å²) >= 11 is 13.2. The molecule has 2 heterocycles. The number of fused-ring (bicyclic) bond motifs is 1. The van der Waals surface area contributed by atoms with Crippen molar-refractivity contribution < 1.29 is 4.42 Å². The van der Waals surface area contributed by atoms with E-state index in [1.807, 2.05) is 42.5 Å². The lowest BCUT2D eigenvalue weighted by atomic mass is 10.2. The molecule has 2 aromatic carbocycles. The van der Waals surface area contributed by atoms with Gasteiger partial charge in [-0.2, -0.15) is 0 Å². The molecule has 120 valence electrons. The maximum Gasteiger partial charge on any atom is 0.227 e. The van der Waals surface area contributed by atoms with Gasteiger partial charge in [-0.05, 0) is 42.5 Å². The van der Waals surface area contributed by atoms with Crippen molar-refractivity contribution in [1.29, 1.82) is 0 Å². The smallest absolute Gasteiger partial charge is 0.227 e. The van der Waals surface area contributed by atoms with Crippen LogP contribution in [-0.4, -0.2) is 9.97 Å². The fraction of sp³-hybridized carbons (Fsp3) is 0.0588. The van der Waals surface area contributed by atoms with E-state index in [0.29, 0.717) is 21.9 Å². The summed E-state index contributed by atoms with van der Waals surface area (Å²) in [5.41, 5.74) is 3.39. The lowest BCUT2D eigenvalue weighted by molar-refractivity contribution is 0.620. The van der Waals surface area contributed by atoms with Gasteiger partial charge in [-0.1, -0.05) is 23.2 Å². The van der Waals surface area contributed by atoms with Gasteiger partial charge in [0.25, 0.3) is 0 Å². The second kappa shape index (κ2) is 6.43. The van der Waals surface area contributed by atoms with Crippen LogP contribution in [0.2, 0.25) is 9.49 Å². The first-order chi connectivity index (χ1) is 11.7. The summed E-state index contributed by atoms with van der Waals surface area (Å²) in [5, 5.41) is 4.02. The first kappa shape index (κ1) is 15.4.